The summed E-state index contributed by atoms with van der Waals surface area (Å²) in [4.78, 5) is 13.7. The Bertz CT molecular complexity index is 763. The minimum atomic E-state index is 1.00. The van der Waals surface area contributed by atoms with Crippen LogP contribution in [0, 0.1) is 0 Å². The van der Waals surface area contributed by atoms with E-state index >= 15 is 0 Å². The summed E-state index contributed by atoms with van der Waals surface area (Å²) in [7, 11) is 0. The summed E-state index contributed by atoms with van der Waals surface area (Å²) in [5.41, 5.74) is 3.78. The second kappa shape index (κ2) is 6.74. The van der Waals surface area contributed by atoms with Gasteiger partial charge in [0, 0.05) is 57.9 Å². The Morgan fingerprint density at radius 2 is 1.61 bits per heavy atom. The molecule has 0 saturated carbocycles. The minimum absolute atomic E-state index is 1.00. The smallest absolute Gasteiger partial charge is 0.0809 e. The Labute approximate surface area is 140 Å². The predicted molar refractivity (Wildman–Crippen MR) is 94.4 cm³/mol. The number of aromatic nitrogens is 2. The molecule has 0 N–H and O–H groups in total. The fourth-order valence-electron chi connectivity index (χ4n) is 3.08. The predicted octanol–water partition coefficient (Wildman–Crippen LogP) is 3.01. The normalized spacial score (nSPS) is 16.9. The second-order valence-corrected chi connectivity index (χ2v) is 7.00. The van der Waals surface area contributed by atoms with E-state index in [-0.39, 0.29) is 0 Å². The van der Waals surface area contributed by atoms with Gasteiger partial charge in [0.05, 0.1) is 10.2 Å². The van der Waals surface area contributed by atoms with Gasteiger partial charge in [-0.3, -0.25) is 19.8 Å². The molecular formula is C18H20N4S. The first-order valence-electron chi connectivity index (χ1n) is 8.02. The summed E-state index contributed by atoms with van der Waals surface area (Å²) in [6, 6.07) is 8.58. The summed E-state index contributed by atoms with van der Waals surface area (Å²) in [5, 5.41) is 2.11. The molecule has 0 aromatic carbocycles. The van der Waals surface area contributed by atoms with Crippen molar-refractivity contribution >= 4 is 21.6 Å². The van der Waals surface area contributed by atoms with Crippen LogP contribution in [0.4, 0.5) is 0 Å². The minimum Gasteiger partial charge on any atom is -0.297 e. The molecule has 3 aromatic rings. The van der Waals surface area contributed by atoms with Crippen LogP contribution in [0.15, 0.2) is 48.2 Å². The number of hydrogen-bond acceptors (Lipinski definition) is 5. The Balaban J connectivity index is 1.32. The molecule has 4 rings (SSSR count). The Hall–Kier alpha value is -1.82. The summed E-state index contributed by atoms with van der Waals surface area (Å²) in [5.74, 6) is 0. The molecule has 0 unspecified atom stereocenters. The molecule has 3 aromatic heterocycles. The number of thiophene rings is 1. The average Bonchev–Trinajstić information content (AvgIpc) is 3.05. The van der Waals surface area contributed by atoms with E-state index in [1.165, 1.54) is 15.8 Å². The number of nitrogens with zero attached hydrogens (tertiary/aromatic N) is 4. The maximum absolute atomic E-state index is 4.54. The molecule has 0 radical (unpaired) electrons. The molecular weight excluding hydrogens is 304 g/mol. The Morgan fingerprint density at radius 1 is 0.913 bits per heavy atom. The van der Waals surface area contributed by atoms with Crippen LogP contribution in [0.25, 0.3) is 10.2 Å². The maximum Gasteiger partial charge on any atom is 0.0809 e. The zero-order valence-electron chi connectivity index (χ0n) is 13.1. The largest absolute Gasteiger partial charge is 0.297 e. The van der Waals surface area contributed by atoms with Crippen molar-refractivity contribution in [3.8, 4) is 0 Å². The van der Waals surface area contributed by atoms with Crippen molar-refractivity contribution in [1.29, 1.82) is 0 Å². The lowest BCUT2D eigenvalue weighted by Gasteiger charge is -2.34. The van der Waals surface area contributed by atoms with Crippen molar-refractivity contribution in [2.45, 2.75) is 13.1 Å². The maximum atomic E-state index is 4.54. The van der Waals surface area contributed by atoms with Crippen LogP contribution < -0.4 is 0 Å². The van der Waals surface area contributed by atoms with Gasteiger partial charge in [-0.1, -0.05) is 0 Å². The number of hydrogen-bond donors (Lipinski definition) is 0. The van der Waals surface area contributed by atoms with Gasteiger partial charge in [-0.15, -0.1) is 11.3 Å². The molecule has 0 bridgehead atoms. The van der Waals surface area contributed by atoms with E-state index in [9.17, 15) is 0 Å². The first kappa shape index (κ1) is 14.8. The van der Waals surface area contributed by atoms with Crippen LogP contribution in [-0.4, -0.2) is 45.9 Å². The highest BCUT2D eigenvalue weighted by Gasteiger charge is 2.17. The zero-order chi connectivity index (χ0) is 15.5. The molecule has 4 heterocycles. The number of fused-ring (bicyclic) bond motifs is 1. The number of piperazine rings is 1. The lowest BCUT2D eigenvalue weighted by Crippen LogP contribution is -2.45. The summed E-state index contributed by atoms with van der Waals surface area (Å²) in [6.45, 7) is 6.51. The van der Waals surface area contributed by atoms with E-state index in [1.807, 2.05) is 18.6 Å². The van der Waals surface area contributed by atoms with Gasteiger partial charge in [-0.05, 0) is 40.8 Å². The van der Waals surface area contributed by atoms with Crippen molar-refractivity contribution in [2.24, 2.45) is 0 Å². The van der Waals surface area contributed by atoms with Crippen LogP contribution in [0.2, 0.25) is 0 Å². The van der Waals surface area contributed by atoms with E-state index in [0.29, 0.717) is 0 Å². The van der Waals surface area contributed by atoms with Gasteiger partial charge in [0.25, 0.3) is 0 Å². The van der Waals surface area contributed by atoms with Crippen molar-refractivity contribution in [1.82, 2.24) is 19.8 Å². The lowest BCUT2D eigenvalue weighted by atomic mass is 10.2. The van der Waals surface area contributed by atoms with E-state index in [0.717, 1.165) is 44.8 Å². The topological polar surface area (TPSA) is 32.3 Å². The highest BCUT2D eigenvalue weighted by Crippen LogP contribution is 2.20. The molecule has 1 fully saturated rings. The highest BCUT2D eigenvalue weighted by molar-refractivity contribution is 7.17. The van der Waals surface area contributed by atoms with E-state index in [4.69, 9.17) is 0 Å². The highest BCUT2D eigenvalue weighted by atomic mass is 32.1. The van der Waals surface area contributed by atoms with Crippen molar-refractivity contribution in [3.05, 3.63) is 59.4 Å². The number of rotatable bonds is 4. The van der Waals surface area contributed by atoms with Gasteiger partial charge in [-0.2, -0.15) is 0 Å². The van der Waals surface area contributed by atoms with Gasteiger partial charge < -0.3 is 0 Å². The third-order valence-electron chi connectivity index (χ3n) is 4.39. The molecule has 1 aliphatic heterocycles. The van der Waals surface area contributed by atoms with Crippen molar-refractivity contribution in [3.63, 3.8) is 0 Å². The molecule has 1 saturated heterocycles. The first-order chi connectivity index (χ1) is 11.4. The third-order valence-corrected chi connectivity index (χ3v) is 5.24. The van der Waals surface area contributed by atoms with Crippen LogP contribution in [0.5, 0.6) is 0 Å². The van der Waals surface area contributed by atoms with Gasteiger partial charge in [0.1, 0.15) is 0 Å². The molecule has 5 heteroatoms. The first-order valence-corrected chi connectivity index (χ1v) is 8.90. The number of pyridine rings is 2. The lowest BCUT2D eigenvalue weighted by molar-refractivity contribution is 0.122. The standard InChI is InChI=1S/C18H20N4S/c1-4-19-5-2-15(1)13-21-6-8-22(9-7-21)14-16-11-18-17(20-12-16)3-10-23-18/h1-5,10-12H,6-9,13-14H2. The van der Waals surface area contributed by atoms with E-state index < -0.39 is 0 Å². The molecule has 23 heavy (non-hydrogen) atoms. The molecule has 118 valence electrons. The van der Waals surface area contributed by atoms with Crippen molar-refractivity contribution < 1.29 is 0 Å². The van der Waals surface area contributed by atoms with Crippen molar-refractivity contribution in [2.75, 3.05) is 26.2 Å². The third kappa shape index (κ3) is 3.58. The Morgan fingerprint density at radius 3 is 2.35 bits per heavy atom. The van der Waals surface area contributed by atoms with Crippen LogP contribution in [0.3, 0.4) is 0 Å². The molecule has 0 amide bonds. The van der Waals surface area contributed by atoms with Gasteiger partial charge in [0.15, 0.2) is 0 Å². The van der Waals surface area contributed by atoms with E-state index in [2.05, 4.69) is 49.4 Å². The second-order valence-electron chi connectivity index (χ2n) is 6.06. The summed E-state index contributed by atoms with van der Waals surface area (Å²) >= 11 is 1.77. The van der Waals surface area contributed by atoms with E-state index in [1.54, 1.807) is 11.3 Å². The van der Waals surface area contributed by atoms with Gasteiger partial charge in [-0.25, -0.2) is 0 Å². The quantitative estimate of drug-likeness (QED) is 0.738. The molecule has 0 atom stereocenters. The fourth-order valence-corrected chi connectivity index (χ4v) is 3.89. The van der Waals surface area contributed by atoms with Gasteiger partial charge in [0.2, 0.25) is 0 Å². The van der Waals surface area contributed by atoms with Crippen LogP contribution in [-0.2, 0) is 13.1 Å². The molecule has 1 aliphatic rings. The van der Waals surface area contributed by atoms with Gasteiger partial charge >= 0.3 is 0 Å². The van der Waals surface area contributed by atoms with Crippen LogP contribution in [0.1, 0.15) is 11.1 Å². The summed E-state index contributed by atoms with van der Waals surface area (Å²) < 4.78 is 1.29. The fraction of sp³-hybridized carbons (Fsp3) is 0.333. The Kier molecular flexibility index (Phi) is 4.33. The monoisotopic (exact) mass is 324 g/mol. The molecule has 0 spiro atoms. The zero-order valence-corrected chi connectivity index (χ0v) is 13.9. The molecule has 4 nitrogen and oxygen atoms in total. The summed E-state index contributed by atoms with van der Waals surface area (Å²) in [6.07, 6.45) is 5.77. The van der Waals surface area contributed by atoms with Crippen LogP contribution >= 0.6 is 11.3 Å². The average molecular weight is 324 g/mol. The SMILES string of the molecule is c1cc(CN2CCN(Cc3cnc4ccsc4c3)CC2)ccn1. The molecule has 0 aliphatic carbocycles.